The summed E-state index contributed by atoms with van der Waals surface area (Å²) in [6, 6.07) is 12.5. The molecule has 1 aromatic carbocycles. The van der Waals surface area contributed by atoms with E-state index in [4.69, 9.17) is 5.73 Å². The van der Waals surface area contributed by atoms with Gasteiger partial charge in [-0.25, -0.2) is 4.98 Å². The molecule has 2 rings (SSSR count). The number of amides is 1. The van der Waals surface area contributed by atoms with Crippen molar-refractivity contribution in [1.82, 2.24) is 9.88 Å². The molecule has 1 heterocycles. The average Bonchev–Trinajstić information content (AvgIpc) is 3.02. The molecule has 0 fully saturated rings. The molecule has 1 aromatic heterocycles. The van der Waals surface area contributed by atoms with E-state index in [1.165, 1.54) is 12.1 Å². The Morgan fingerprint density at radius 3 is 2.43 bits per heavy atom. The highest BCUT2D eigenvalue weighted by Gasteiger charge is 2.21. The van der Waals surface area contributed by atoms with Gasteiger partial charge in [0.15, 0.2) is 5.69 Å². The Balaban J connectivity index is 0.00000264. The summed E-state index contributed by atoms with van der Waals surface area (Å²) in [4.78, 5) is 26.6. The van der Waals surface area contributed by atoms with Gasteiger partial charge in [0.1, 0.15) is 0 Å². The van der Waals surface area contributed by atoms with Crippen LogP contribution in [-0.4, -0.2) is 40.3 Å². The molecular weight excluding hydrogens is 320 g/mol. The van der Waals surface area contributed by atoms with Crippen LogP contribution in [0.1, 0.15) is 16.1 Å². The van der Waals surface area contributed by atoms with Crippen LogP contribution in [0, 0.1) is 10.1 Å². The molecule has 0 aliphatic carbocycles. The summed E-state index contributed by atoms with van der Waals surface area (Å²) >= 11 is 0. The van der Waals surface area contributed by atoms with Crippen LogP contribution in [-0.2, 0) is 6.42 Å². The molecule has 23 heavy (non-hydrogen) atoms. The van der Waals surface area contributed by atoms with Crippen molar-refractivity contribution in [2.24, 2.45) is 5.73 Å². The summed E-state index contributed by atoms with van der Waals surface area (Å²) in [5.74, 6) is -0.478. The monoisotopic (exact) mass is 338 g/mol. The van der Waals surface area contributed by atoms with Crippen molar-refractivity contribution in [3.05, 3.63) is 63.8 Å². The number of aromatic amines is 1. The molecule has 0 aliphatic rings. The largest absolute Gasteiger partial charge is 0.358 e. The van der Waals surface area contributed by atoms with Crippen molar-refractivity contribution in [3.8, 4) is 0 Å². The van der Waals surface area contributed by atoms with E-state index < -0.39 is 4.92 Å². The molecule has 0 spiro atoms. The van der Waals surface area contributed by atoms with Crippen molar-refractivity contribution in [1.29, 1.82) is 0 Å². The van der Waals surface area contributed by atoms with Crippen LogP contribution in [0.15, 0.2) is 42.5 Å². The predicted octanol–water partition coefficient (Wildman–Crippen LogP) is 1.99. The van der Waals surface area contributed by atoms with Gasteiger partial charge in [0.2, 0.25) is 0 Å². The first-order chi connectivity index (χ1) is 10.6. The number of nitrogens with zero attached hydrogens (tertiary/aromatic N) is 2. The standard InChI is InChI=1S/C15H18N4O3.ClH/c16-9-11-18(10-8-12-4-2-1-3-5-12)15(20)13-6-7-14(17-13)19(21)22;/h1-7,17H,8-11,16H2;1H. The molecule has 124 valence electrons. The molecule has 0 unspecified atom stereocenters. The Labute approximate surface area is 140 Å². The van der Waals surface area contributed by atoms with Crippen LogP contribution in [0.2, 0.25) is 0 Å². The van der Waals surface area contributed by atoms with Gasteiger partial charge in [0.25, 0.3) is 5.91 Å². The van der Waals surface area contributed by atoms with Gasteiger partial charge in [-0.15, -0.1) is 12.4 Å². The number of aromatic nitrogens is 1. The fraction of sp³-hybridized carbons (Fsp3) is 0.267. The van der Waals surface area contributed by atoms with Crippen LogP contribution in [0.3, 0.4) is 0 Å². The lowest BCUT2D eigenvalue weighted by atomic mass is 10.1. The van der Waals surface area contributed by atoms with Gasteiger partial charge < -0.3 is 20.7 Å². The van der Waals surface area contributed by atoms with Crippen LogP contribution < -0.4 is 5.73 Å². The van der Waals surface area contributed by atoms with Crippen molar-refractivity contribution < 1.29 is 9.72 Å². The summed E-state index contributed by atoms with van der Waals surface area (Å²) in [6.07, 6.45) is 0.704. The van der Waals surface area contributed by atoms with E-state index in [1.807, 2.05) is 30.3 Å². The third-order valence-electron chi connectivity index (χ3n) is 3.30. The molecule has 0 aliphatic heterocycles. The molecule has 0 saturated heterocycles. The zero-order valence-corrected chi connectivity index (χ0v) is 13.3. The first kappa shape index (κ1) is 18.7. The molecule has 0 saturated carbocycles. The number of benzene rings is 1. The molecule has 8 heteroatoms. The van der Waals surface area contributed by atoms with Gasteiger partial charge >= 0.3 is 5.82 Å². The number of rotatable bonds is 7. The average molecular weight is 339 g/mol. The van der Waals surface area contributed by atoms with E-state index in [9.17, 15) is 14.9 Å². The zero-order chi connectivity index (χ0) is 15.9. The fourth-order valence-electron chi connectivity index (χ4n) is 2.16. The van der Waals surface area contributed by atoms with Crippen LogP contribution in [0.4, 0.5) is 5.82 Å². The van der Waals surface area contributed by atoms with E-state index in [2.05, 4.69) is 4.98 Å². The number of halogens is 1. The van der Waals surface area contributed by atoms with Crippen LogP contribution in [0.25, 0.3) is 0 Å². The lowest BCUT2D eigenvalue weighted by molar-refractivity contribution is -0.389. The maximum atomic E-state index is 12.4. The van der Waals surface area contributed by atoms with E-state index >= 15 is 0 Å². The number of nitrogens with one attached hydrogen (secondary N) is 1. The number of hydrogen-bond donors (Lipinski definition) is 2. The third kappa shape index (κ3) is 5.08. The molecule has 3 N–H and O–H groups in total. The zero-order valence-electron chi connectivity index (χ0n) is 12.5. The highest BCUT2D eigenvalue weighted by Crippen LogP contribution is 2.12. The van der Waals surface area contributed by atoms with Gasteiger partial charge in [0, 0.05) is 25.7 Å². The number of H-pyrrole nitrogens is 1. The molecule has 7 nitrogen and oxygen atoms in total. The van der Waals surface area contributed by atoms with Crippen molar-refractivity contribution in [3.63, 3.8) is 0 Å². The highest BCUT2D eigenvalue weighted by molar-refractivity contribution is 5.92. The molecule has 0 atom stereocenters. The predicted molar refractivity (Wildman–Crippen MR) is 89.8 cm³/mol. The van der Waals surface area contributed by atoms with Crippen molar-refractivity contribution in [2.45, 2.75) is 6.42 Å². The highest BCUT2D eigenvalue weighted by atomic mass is 35.5. The van der Waals surface area contributed by atoms with Gasteiger partial charge in [-0.05, 0) is 23.0 Å². The Hall–Kier alpha value is -2.38. The second-order valence-corrected chi connectivity index (χ2v) is 4.83. The summed E-state index contributed by atoms with van der Waals surface area (Å²) in [7, 11) is 0. The van der Waals surface area contributed by atoms with Crippen LogP contribution in [0.5, 0.6) is 0 Å². The molecule has 0 bridgehead atoms. The normalized spacial score (nSPS) is 9.96. The minimum Gasteiger partial charge on any atom is -0.358 e. The maximum absolute atomic E-state index is 12.4. The summed E-state index contributed by atoms with van der Waals surface area (Å²) in [5, 5.41) is 10.7. The van der Waals surface area contributed by atoms with Gasteiger partial charge in [-0.2, -0.15) is 0 Å². The number of nitrogens with two attached hydrogens (primary N) is 1. The Kier molecular flexibility index (Phi) is 7.24. The van der Waals surface area contributed by atoms with Gasteiger partial charge in [0.05, 0.1) is 0 Å². The van der Waals surface area contributed by atoms with Crippen molar-refractivity contribution in [2.75, 3.05) is 19.6 Å². The van der Waals surface area contributed by atoms with Crippen molar-refractivity contribution >= 4 is 24.1 Å². The number of carbonyl (C=O) groups excluding carboxylic acids is 1. The molecule has 2 aromatic rings. The second-order valence-electron chi connectivity index (χ2n) is 4.83. The Bertz CT molecular complexity index is 645. The van der Waals surface area contributed by atoms with Gasteiger partial charge in [-0.3, -0.25) is 4.79 Å². The maximum Gasteiger partial charge on any atom is 0.321 e. The van der Waals surface area contributed by atoms with E-state index in [0.29, 0.717) is 26.1 Å². The summed E-state index contributed by atoms with van der Waals surface area (Å²) in [5.41, 5.74) is 6.88. The first-order valence-corrected chi connectivity index (χ1v) is 6.98. The summed E-state index contributed by atoms with van der Waals surface area (Å²) in [6.45, 7) is 1.24. The number of nitro groups is 1. The smallest absolute Gasteiger partial charge is 0.321 e. The summed E-state index contributed by atoms with van der Waals surface area (Å²) < 4.78 is 0. The minimum atomic E-state index is -0.561. The first-order valence-electron chi connectivity index (χ1n) is 6.98. The van der Waals surface area contributed by atoms with E-state index in [1.54, 1.807) is 4.90 Å². The van der Waals surface area contributed by atoms with Crippen LogP contribution >= 0.6 is 12.4 Å². The minimum absolute atomic E-state index is 0. The molecular formula is C15H19ClN4O3. The van der Waals surface area contributed by atoms with E-state index in [-0.39, 0.29) is 29.8 Å². The van der Waals surface area contributed by atoms with E-state index in [0.717, 1.165) is 5.56 Å². The lowest BCUT2D eigenvalue weighted by Crippen LogP contribution is -2.37. The molecule has 1 amide bonds. The number of hydrogen-bond acceptors (Lipinski definition) is 4. The third-order valence-corrected chi connectivity index (χ3v) is 3.30. The Morgan fingerprint density at radius 1 is 1.17 bits per heavy atom. The number of carbonyl (C=O) groups is 1. The SMILES string of the molecule is Cl.NCCN(CCc1ccccc1)C(=O)c1ccc([N+](=O)[O-])[nH]1. The fourth-order valence-corrected chi connectivity index (χ4v) is 2.16. The lowest BCUT2D eigenvalue weighted by Gasteiger charge is -2.20. The molecule has 0 radical (unpaired) electrons. The second kappa shape index (κ2) is 8.92. The van der Waals surface area contributed by atoms with Gasteiger partial charge in [-0.1, -0.05) is 30.3 Å². The Morgan fingerprint density at radius 2 is 1.87 bits per heavy atom. The topological polar surface area (TPSA) is 105 Å². The quantitative estimate of drug-likeness (QED) is 0.594.